The van der Waals surface area contributed by atoms with Gasteiger partial charge in [0.15, 0.2) is 11.6 Å². The summed E-state index contributed by atoms with van der Waals surface area (Å²) in [5.74, 6) is -1.58. The fraction of sp³-hybridized carbons (Fsp3) is 0.316. The number of rotatable bonds is 7. The first-order chi connectivity index (χ1) is 12.7. The van der Waals surface area contributed by atoms with Gasteiger partial charge in [-0.25, -0.2) is 12.8 Å². The highest BCUT2D eigenvalue weighted by molar-refractivity contribution is 7.92. The van der Waals surface area contributed by atoms with Crippen molar-refractivity contribution < 1.29 is 27.1 Å². The number of hydrogen-bond acceptors (Lipinski definition) is 5. The molecule has 0 radical (unpaired) electrons. The standard InChI is InChI=1S/C19H22FNO5S/c1-5-26-18(22)12-21(19-13(2)7-6-8-14(19)3)27(23,24)15-9-10-17(25-4)16(20)11-15/h6-11H,5,12H2,1-4H3. The zero-order chi connectivity index (χ0) is 20.2. The molecule has 8 heteroatoms. The van der Waals surface area contributed by atoms with Gasteiger partial charge in [0.2, 0.25) is 0 Å². The number of hydrogen-bond donors (Lipinski definition) is 0. The normalized spacial score (nSPS) is 11.1. The molecule has 6 nitrogen and oxygen atoms in total. The van der Waals surface area contributed by atoms with E-state index in [2.05, 4.69) is 0 Å². The molecule has 2 aromatic carbocycles. The topological polar surface area (TPSA) is 72.9 Å². The summed E-state index contributed by atoms with van der Waals surface area (Å²) in [6, 6.07) is 8.62. The molecule has 0 aliphatic carbocycles. The summed E-state index contributed by atoms with van der Waals surface area (Å²) in [5.41, 5.74) is 1.69. The largest absolute Gasteiger partial charge is 0.494 e. The summed E-state index contributed by atoms with van der Waals surface area (Å²) in [7, 11) is -2.94. The summed E-state index contributed by atoms with van der Waals surface area (Å²) in [5, 5.41) is 0. The summed E-state index contributed by atoms with van der Waals surface area (Å²) >= 11 is 0. The number of benzene rings is 2. The first kappa shape index (κ1) is 20.7. The molecule has 0 aliphatic rings. The minimum atomic E-state index is -4.22. The number of sulfonamides is 1. The maximum atomic E-state index is 14.1. The van der Waals surface area contributed by atoms with E-state index in [-0.39, 0.29) is 17.3 Å². The molecule has 0 N–H and O–H groups in total. The van der Waals surface area contributed by atoms with E-state index in [0.717, 1.165) is 10.4 Å². The number of carbonyl (C=O) groups excluding carboxylic acids is 1. The lowest BCUT2D eigenvalue weighted by Crippen LogP contribution is -2.37. The predicted molar refractivity (Wildman–Crippen MR) is 100 cm³/mol. The Morgan fingerprint density at radius 3 is 2.30 bits per heavy atom. The van der Waals surface area contributed by atoms with Gasteiger partial charge in [0.25, 0.3) is 10.0 Å². The SMILES string of the molecule is CCOC(=O)CN(c1c(C)cccc1C)S(=O)(=O)c1ccc(OC)c(F)c1. The summed E-state index contributed by atoms with van der Waals surface area (Å²) < 4.78 is 51.3. The van der Waals surface area contributed by atoms with Crippen LogP contribution in [-0.2, 0) is 19.6 Å². The number of para-hydroxylation sites is 1. The third kappa shape index (κ3) is 4.39. The number of halogens is 1. The van der Waals surface area contributed by atoms with Gasteiger partial charge in [0.1, 0.15) is 6.54 Å². The molecule has 2 rings (SSSR count). The summed E-state index contributed by atoms with van der Waals surface area (Å²) in [4.78, 5) is 11.8. The lowest BCUT2D eigenvalue weighted by Gasteiger charge is -2.27. The second kappa shape index (κ2) is 8.39. The van der Waals surface area contributed by atoms with E-state index < -0.39 is 28.4 Å². The van der Waals surface area contributed by atoms with Gasteiger partial charge in [0.05, 0.1) is 24.3 Å². The molecule has 27 heavy (non-hydrogen) atoms. The lowest BCUT2D eigenvalue weighted by atomic mass is 10.1. The highest BCUT2D eigenvalue weighted by Crippen LogP contribution is 2.31. The van der Waals surface area contributed by atoms with Crippen molar-refractivity contribution in [3.05, 3.63) is 53.3 Å². The van der Waals surface area contributed by atoms with E-state index in [1.165, 1.54) is 19.2 Å². The highest BCUT2D eigenvalue weighted by Gasteiger charge is 2.30. The molecule has 0 saturated carbocycles. The minimum Gasteiger partial charge on any atom is -0.494 e. The lowest BCUT2D eigenvalue weighted by molar-refractivity contribution is -0.141. The van der Waals surface area contributed by atoms with Gasteiger partial charge in [-0.05, 0) is 50.1 Å². The third-order valence-electron chi connectivity index (χ3n) is 3.98. The number of esters is 1. The Morgan fingerprint density at radius 1 is 1.15 bits per heavy atom. The van der Waals surface area contributed by atoms with Crippen molar-refractivity contribution in [1.82, 2.24) is 0 Å². The van der Waals surface area contributed by atoms with Crippen molar-refractivity contribution in [2.75, 3.05) is 24.6 Å². The van der Waals surface area contributed by atoms with Crippen LogP contribution in [0.5, 0.6) is 5.75 Å². The van der Waals surface area contributed by atoms with Crippen molar-refractivity contribution >= 4 is 21.7 Å². The highest BCUT2D eigenvalue weighted by atomic mass is 32.2. The Balaban J connectivity index is 2.61. The zero-order valence-electron chi connectivity index (χ0n) is 15.7. The maximum Gasteiger partial charge on any atom is 0.326 e. The first-order valence-electron chi connectivity index (χ1n) is 8.30. The smallest absolute Gasteiger partial charge is 0.326 e. The molecule has 0 atom stereocenters. The molecular weight excluding hydrogens is 373 g/mol. The molecule has 0 amide bonds. The van der Waals surface area contributed by atoms with Gasteiger partial charge >= 0.3 is 5.97 Å². The Bertz CT molecular complexity index is 923. The Morgan fingerprint density at radius 2 is 1.78 bits per heavy atom. The van der Waals surface area contributed by atoms with Crippen LogP contribution in [0.1, 0.15) is 18.1 Å². The van der Waals surface area contributed by atoms with Crippen LogP contribution in [0, 0.1) is 19.7 Å². The average Bonchev–Trinajstić information content (AvgIpc) is 2.60. The van der Waals surface area contributed by atoms with Gasteiger partial charge in [-0.1, -0.05) is 18.2 Å². The van der Waals surface area contributed by atoms with Gasteiger partial charge in [-0.15, -0.1) is 0 Å². The fourth-order valence-electron chi connectivity index (χ4n) is 2.74. The molecule has 0 spiro atoms. The van der Waals surface area contributed by atoms with Gasteiger partial charge in [-0.3, -0.25) is 9.10 Å². The third-order valence-corrected chi connectivity index (χ3v) is 5.72. The van der Waals surface area contributed by atoms with Crippen molar-refractivity contribution in [3.8, 4) is 5.75 Å². The van der Waals surface area contributed by atoms with E-state index in [4.69, 9.17) is 9.47 Å². The molecule has 0 bridgehead atoms. The zero-order valence-corrected chi connectivity index (χ0v) is 16.5. The van der Waals surface area contributed by atoms with Crippen LogP contribution in [0.3, 0.4) is 0 Å². The Labute approximate surface area is 158 Å². The minimum absolute atomic E-state index is 0.0713. The number of carbonyl (C=O) groups is 1. The number of ether oxygens (including phenoxy) is 2. The second-order valence-corrected chi connectivity index (χ2v) is 7.72. The van der Waals surface area contributed by atoms with E-state index >= 15 is 0 Å². The van der Waals surface area contributed by atoms with E-state index in [1.54, 1.807) is 39.0 Å². The first-order valence-corrected chi connectivity index (χ1v) is 9.74. The fourth-order valence-corrected chi connectivity index (χ4v) is 4.29. The van der Waals surface area contributed by atoms with Crippen molar-refractivity contribution in [2.24, 2.45) is 0 Å². The van der Waals surface area contributed by atoms with Crippen LogP contribution in [0.15, 0.2) is 41.3 Å². The van der Waals surface area contributed by atoms with Crippen LogP contribution in [0.2, 0.25) is 0 Å². The number of methoxy groups -OCH3 is 1. The van der Waals surface area contributed by atoms with Crippen molar-refractivity contribution in [3.63, 3.8) is 0 Å². The van der Waals surface area contributed by atoms with Gasteiger partial charge in [-0.2, -0.15) is 0 Å². The average molecular weight is 395 g/mol. The summed E-state index contributed by atoms with van der Waals surface area (Å²) in [6.07, 6.45) is 0. The van der Waals surface area contributed by atoms with E-state index in [9.17, 15) is 17.6 Å². The molecular formula is C19H22FNO5S. The number of nitrogens with zero attached hydrogens (tertiary/aromatic N) is 1. The van der Waals surface area contributed by atoms with Crippen LogP contribution in [0.4, 0.5) is 10.1 Å². The number of aryl methyl sites for hydroxylation is 2. The molecule has 0 fully saturated rings. The van der Waals surface area contributed by atoms with E-state index in [1.807, 2.05) is 0 Å². The maximum absolute atomic E-state index is 14.1. The van der Waals surface area contributed by atoms with Gasteiger partial charge < -0.3 is 9.47 Å². The molecule has 0 aliphatic heterocycles. The van der Waals surface area contributed by atoms with Crippen molar-refractivity contribution in [1.29, 1.82) is 0 Å². The molecule has 0 heterocycles. The van der Waals surface area contributed by atoms with Crippen LogP contribution in [0.25, 0.3) is 0 Å². The van der Waals surface area contributed by atoms with E-state index in [0.29, 0.717) is 16.8 Å². The quantitative estimate of drug-likeness (QED) is 0.673. The molecule has 0 aromatic heterocycles. The monoisotopic (exact) mass is 395 g/mol. The van der Waals surface area contributed by atoms with Crippen LogP contribution >= 0.6 is 0 Å². The Kier molecular flexibility index (Phi) is 6.43. The van der Waals surface area contributed by atoms with Crippen LogP contribution in [-0.4, -0.2) is 34.6 Å². The van der Waals surface area contributed by atoms with Gasteiger partial charge in [0, 0.05) is 0 Å². The van der Waals surface area contributed by atoms with Crippen molar-refractivity contribution in [2.45, 2.75) is 25.7 Å². The summed E-state index contributed by atoms with van der Waals surface area (Å²) in [6.45, 7) is 4.72. The number of anilines is 1. The molecule has 146 valence electrons. The van der Waals surface area contributed by atoms with Crippen LogP contribution < -0.4 is 9.04 Å². The predicted octanol–water partition coefficient (Wildman–Crippen LogP) is 3.21. The molecule has 0 saturated heterocycles. The molecule has 2 aromatic rings. The molecule has 0 unspecified atom stereocenters. The Hall–Kier alpha value is -2.61. The second-order valence-electron chi connectivity index (χ2n) is 5.85.